The van der Waals surface area contributed by atoms with Gasteiger partial charge in [-0.3, -0.25) is 10.2 Å². The average molecular weight is 393 g/mol. The summed E-state index contributed by atoms with van der Waals surface area (Å²) < 4.78 is 12.5. The van der Waals surface area contributed by atoms with Crippen LogP contribution in [0.15, 0.2) is 42.5 Å². The van der Waals surface area contributed by atoms with Crippen molar-refractivity contribution in [1.82, 2.24) is 4.57 Å². The number of nitrogens with zero attached hydrogens (tertiary/aromatic N) is 1. The molecule has 0 saturated carbocycles. The zero-order chi connectivity index (χ0) is 21.1. The smallest absolute Gasteiger partial charge is 0.358 e. The van der Waals surface area contributed by atoms with Crippen LogP contribution in [0.5, 0.6) is 5.75 Å². The molecule has 1 heterocycles. The largest absolute Gasteiger partial charge is 0.461 e. The number of hydrogen-bond donors (Lipinski definition) is 2. The molecule has 3 rings (SSSR count). The molecule has 0 aliphatic carbocycles. The molecule has 1 aromatic heterocycles. The van der Waals surface area contributed by atoms with E-state index in [0.717, 1.165) is 16.6 Å². The Balaban J connectivity index is 2.26. The number of benzene rings is 2. The lowest BCUT2D eigenvalue weighted by Gasteiger charge is -2.12. The molecular formula is C22H23N3O4. The summed E-state index contributed by atoms with van der Waals surface area (Å²) in [5.74, 6) is -0.920. The minimum absolute atomic E-state index is 0.0359. The van der Waals surface area contributed by atoms with Gasteiger partial charge in [0.2, 0.25) is 0 Å². The van der Waals surface area contributed by atoms with Crippen molar-refractivity contribution < 1.29 is 19.1 Å². The summed E-state index contributed by atoms with van der Waals surface area (Å²) in [6, 6.07) is 12.9. The predicted octanol–water partition coefficient (Wildman–Crippen LogP) is 3.38. The number of aryl methyl sites for hydroxylation is 1. The number of rotatable bonds is 6. The van der Waals surface area contributed by atoms with E-state index in [2.05, 4.69) is 0 Å². The van der Waals surface area contributed by atoms with Crippen LogP contribution in [0.4, 0.5) is 0 Å². The molecule has 0 amide bonds. The Morgan fingerprint density at radius 2 is 1.90 bits per heavy atom. The lowest BCUT2D eigenvalue weighted by Crippen LogP contribution is -2.16. The molecule has 7 heteroatoms. The fraction of sp³-hybridized carbons (Fsp3) is 0.227. The van der Waals surface area contributed by atoms with Crippen LogP contribution < -0.4 is 10.5 Å². The first kappa shape index (κ1) is 20.1. The highest BCUT2D eigenvalue weighted by Gasteiger charge is 2.27. The van der Waals surface area contributed by atoms with Crippen molar-refractivity contribution in [3.05, 3.63) is 64.8 Å². The second kappa shape index (κ2) is 8.18. The molecule has 0 aliphatic heterocycles. The predicted molar refractivity (Wildman–Crippen MR) is 111 cm³/mol. The monoisotopic (exact) mass is 393 g/mol. The molecule has 0 fully saturated rings. The van der Waals surface area contributed by atoms with Crippen molar-refractivity contribution in [1.29, 1.82) is 5.41 Å². The Kier molecular flexibility index (Phi) is 5.68. The molecule has 0 atom stereocenters. The normalized spacial score (nSPS) is 10.7. The van der Waals surface area contributed by atoms with E-state index in [1.807, 2.05) is 31.2 Å². The van der Waals surface area contributed by atoms with Gasteiger partial charge in [-0.15, -0.1) is 0 Å². The summed E-state index contributed by atoms with van der Waals surface area (Å²) in [4.78, 5) is 24.6. The van der Waals surface area contributed by atoms with E-state index in [1.165, 1.54) is 6.92 Å². The number of amidine groups is 1. The molecule has 7 nitrogen and oxygen atoms in total. The molecule has 0 bridgehead atoms. The average Bonchev–Trinajstić information content (AvgIpc) is 2.96. The summed E-state index contributed by atoms with van der Waals surface area (Å²) in [6.45, 7) is 5.42. The van der Waals surface area contributed by atoms with Crippen LogP contribution in [0.3, 0.4) is 0 Å². The highest BCUT2D eigenvalue weighted by Crippen LogP contribution is 2.37. The number of nitrogens with two attached hydrogens (primary N) is 1. The maximum absolute atomic E-state index is 12.8. The minimum atomic E-state index is -0.568. The number of carbonyl (C=O) groups excluding carboxylic acids is 2. The number of nitrogens with one attached hydrogen (secondary N) is 1. The van der Waals surface area contributed by atoms with Crippen LogP contribution in [0, 0.1) is 12.3 Å². The first-order valence-corrected chi connectivity index (χ1v) is 9.24. The van der Waals surface area contributed by atoms with Crippen molar-refractivity contribution in [2.45, 2.75) is 27.3 Å². The van der Waals surface area contributed by atoms with Crippen LogP contribution in [0.2, 0.25) is 0 Å². The highest BCUT2D eigenvalue weighted by molar-refractivity contribution is 6.04. The number of carbonyl (C=O) groups is 2. The van der Waals surface area contributed by atoms with Crippen molar-refractivity contribution >= 4 is 28.7 Å². The van der Waals surface area contributed by atoms with Gasteiger partial charge in [0.1, 0.15) is 5.84 Å². The summed E-state index contributed by atoms with van der Waals surface area (Å²) in [6.07, 6.45) is 0. The lowest BCUT2D eigenvalue weighted by atomic mass is 10.1. The van der Waals surface area contributed by atoms with Crippen LogP contribution >= 0.6 is 0 Å². The fourth-order valence-electron chi connectivity index (χ4n) is 3.36. The maximum atomic E-state index is 12.8. The van der Waals surface area contributed by atoms with Gasteiger partial charge in [-0.25, -0.2) is 4.79 Å². The third-order valence-corrected chi connectivity index (χ3v) is 4.55. The van der Waals surface area contributed by atoms with Crippen molar-refractivity contribution in [2.24, 2.45) is 5.73 Å². The number of hydrogen-bond acceptors (Lipinski definition) is 5. The standard InChI is InChI=1S/C22H23N3O4/c1-4-28-22(27)19-20(29-14(3)26)18-13(2)7-5-10-17(18)25(19)12-15-8-6-9-16(11-15)21(23)24/h5-11H,4,12H2,1-3H3,(H3,23,24). The Labute approximate surface area is 168 Å². The Morgan fingerprint density at radius 3 is 2.55 bits per heavy atom. The fourth-order valence-corrected chi connectivity index (χ4v) is 3.36. The maximum Gasteiger partial charge on any atom is 0.358 e. The topological polar surface area (TPSA) is 107 Å². The third-order valence-electron chi connectivity index (χ3n) is 4.55. The van der Waals surface area contributed by atoms with Gasteiger partial charge in [0.05, 0.1) is 12.1 Å². The van der Waals surface area contributed by atoms with Gasteiger partial charge in [0, 0.05) is 24.4 Å². The van der Waals surface area contributed by atoms with Crippen LogP contribution in [0.1, 0.15) is 41.0 Å². The van der Waals surface area contributed by atoms with E-state index >= 15 is 0 Å². The number of fused-ring (bicyclic) bond motifs is 1. The zero-order valence-electron chi connectivity index (χ0n) is 16.6. The SMILES string of the molecule is CCOC(=O)c1c(OC(C)=O)c2c(C)cccc2n1Cc1cccc(C(=N)N)c1. The van der Waals surface area contributed by atoms with Crippen molar-refractivity contribution in [3.63, 3.8) is 0 Å². The second-order valence-corrected chi connectivity index (χ2v) is 6.66. The molecule has 0 aliphatic rings. The van der Waals surface area contributed by atoms with Gasteiger partial charge < -0.3 is 19.8 Å². The Hall–Kier alpha value is -3.61. The highest BCUT2D eigenvalue weighted by atomic mass is 16.5. The summed E-state index contributed by atoms with van der Waals surface area (Å²) in [5.41, 5.74) is 8.85. The van der Waals surface area contributed by atoms with Crippen LogP contribution in [0.25, 0.3) is 10.9 Å². The number of esters is 2. The molecule has 0 saturated heterocycles. The molecular weight excluding hydrogens is 370 g/mol. The molecule has 3 aromatic rings. The molecule has 0 unspecified atom stereocenters. The Morgan fingerprint density at radius 1 is 1.17 bits per heavy atom. The second-order valence-electron chi connectivity index (χ2n) is 6.66. The Bertz CT molecular complexity index is 1110. The summed E-state index contributed by atoms with van der Waals surface area (Å²) >= 11 is 0. The first-order valence-electron chi connectivity index (χ1n) is 9.24. The van der Waals surface area contributed by atoms with Crippen LogP contribution in [-0.2, 0) is 16.1 Å². The van der Waals surface area contributed by atoms with Gasteiger partial charge >= 0.3 is 11.9 Å². The van der Waals surface area contributed by atoms with Gasteiger partial charge in [0.25, 0.3) is 0 Å². The molecule has 29 heavy (non-hydrogen) atoms. The van der Waals surface area contributed by atoms with Crippen LogP contribution in [-0.4, -0.2) is 28.9 Å². The van der Waals surface area contributed by atoms with Crippen molar-refractivity contribution in [3.8, 4) is 5.75 Å². The van der Waals surface area contributed by atoms with E-state index in [-0.39, 0.29) is 23.9 Å². The molecule has 150 valence electrons. The van der Waals surface area contributed by atoms with Gasteiger partial charge in [0.15, 0.2) is 11.4 Å². The van der Waals surface area contributed by atoms with Gasteiger partial charge in [-0.05, 0) is 37.1 Å². The zero-order valence-corrected chi connectivity index (χ0v) is 16.6. The van der Waals surface area contributed by atoms with E-state index in [0.29, 0.717) is 17.5 Å². The quantitative estimate of drug-likeness (QED) is 0.379. The van der Waals surface area contributed by atoms with Gasteiger partial charge in [-0.1, -0.05) is 30.3 Å². The number of ether oxygens (including phenoxy) is 2. The van der Waals surface area contributed by atoms with E-state index in [4.69, 9.17) is 20.6 Å². The van der Waals surface area contributed by atoms with Crippen molar-refractivity contribution in [2.75, 3.05) is 6.61 Å². The summed E-state index contributed by atoms with van der Waals surface area (Å²) in [5, 5.41) is 8.35. The third kappa shape index (κ3) is 3.99. The minimum Gasteiger partial charge on any atom is -0.461 e. The molecule has 0 spiro atoms. The van der Waals surface area contributed by atoms with E-state index in [9.17, 15) is 9.59 Å². The van der Waals surface area contributed by atoms with E-state index in [1.54, 1.807) is 29.7 Å². The number of aromatic nitrogens is 1. The molecule has 3 N–H and O–H groups in total. The number of nitrogen functional groups attached to an aromatic ring is 1. The van der Waals surface area contributed by atoms with E-state index < -0.39 is 11.9 Å². The first-order chi connectivity index (χ1) is 13.8. The lowest BCUT2D eigenvalue weighted by molar-refractivity contribution is -0.131. The molecule has 2 aromatic carbocycles. The summed E-state index contributed by atoms with van der Waals surface area (Å²) in [7, 11) is 0. The van der Waals surface area contributed by atoms with Gasteiger partial charge in [-0.2, -0.15) is 0 Å². The molecule has 0 radical (unpaired) electrons.